The average molecular weight is 413 g/mol. The van der Waals surface area contributed by atoms with Crippen LogP contribution in [0.25, 0.3) is 5.69 Å². The van der Waals surface area contributed by atoms with Crippen LogP contribution in [0.4, 0.5) is 5.82 Å². The van der Waals surface area contributed by atoms with E-state index in [4.69, 9.17) is 28.3 Å². The predicted molar refractivity (Wildman–Crippen MR) is 102 cm³/mol. The Morgan fingerprint density at radius 3 is 2.80 bits per heavy atom. The van der Waals surface area contributed by atoms with Crippen molar-refractivity contribution in [3.8, 4) is 5.69 Å². The van der Waals surface area contributed by atoms with Gasteiger partial charge in [0.05, 0.1) is 10.9 Å². The van der Waals surface area contributed by atoms with Gasteiger partial charge in [-0.1, -0.05) is 39.9 Å². The molecule has 0 aliphatic heterocycles. The Morgan fingerprint density at radius 1 is 1.44 bits per heavy atom. The molecule has 1 unspecified atom stereocenters. The molecule has 25 heavy (non-hydrogen) atoms. The number of hydrogen-bond donors (Lipinski definition) is 1. The first-order valence-electron chi connectivity index (χ1n) is 7.19. The molecule has 1 N–H and O–H groups in total. The number of nitrogens with one attached hydrogen (secondary N) is 1. The quantitative estimate of drug-likeness (QED) is 0.482. The van der Waals surface area contributed by atoms with Gasteiger partial charge in [0.2, 0.25) is 5.91 Å². The molecule has 1 aromatic carbocycles. The monoisotopic (exact) mass is 412 g/mol. The number of thioether (sulfide) groups is 1. The molecule has 0 aliphatic rings. The summed E-state index contributed by atoms with van der Waals surface area (Å²) in [6.45, 7) is 3.56. The van der Waals surface area contributed by atoms with Crippen molar-refractivity contribution in [2.75, 3.05) is 5.32 Å². The maximum Gasteiger partial charge on any atom is 0.238 e. The summed E-state index contributed by atoms with van der Waals surface area (Å²) in [5.41, 5.74) is 0.827. The normalized spacial score (nSPS) is 12.1. The maximum atomic E-state index is 12.2. The van der Waals surface area contributed by atoms with E-state index in [1.54, 1.807) is 36.7 Å². The molecule has 0 saturated carbocycles. The first-order chi connectivity index (χ1) is 11.9. The first-order valence-corrected chi connectivity index (χ1v) is 9.67. The number of benzene rings is 1. The molecule has 3 rings (SSSR count). The molecule has 0 saturated heterocycles. The van der Waals surface area contributed by atoms with Crippen LogP contribution in [0, 0.1) is 10.9 Å². The van der Waals surface area contributed by atoms with Gasteiger partial charge < -0.3 is 9.84 Å². The summed E-state index contributed by atoms with van der Waals surface area (Å²) in [5.74, 6) is 0.849. The van der Waals surface area contributed by atoms with E-state index in [0.29, 0.717) is 24.9 Å². The van der Waals surface area contributed by atoms with E-state index in [2.05, 4.69) is 15.6 Å². The minimum absolute atomic E-state index is 0.183. The zero-order valence-electron chi connectivity index (χ0n) is 13.2. The number of aryl methyl sites for hydroxylation is 1. The van der Waals surface area contributed by atoms with E-state index in [0.717, 1.165) is 5.69 Å². The van der Waals surface area contributed by atoms with Gasteiger partial charge in [-0.25, -0.2) is 4.68 Å². The number of halogens is 1. The zero-order chi connectivity index (χ0) is 18.0. The fourth-order valence-electron chi connectivity index (χ4n) is 1.91. The van der Waals surface area contributed by atoms with Gasteiger partial charge in [-0.3, -0.25) is 4.79 Å². The largest absolute Gasteiger partial charge is 0.360 e. The fraction of sp³-hybridized carbons (Fsp3) is 0.200. The number of aromatic nitrogens is 3. The third-order valence-corrected chi connectivity index (χ3v) is 5.79. The molecule has 130 valence electrons. The summed E-state index contributed by atoms with van der Waals surface area (Å²) in [5, 5.41) is 11.2. The lowest BCUT2D eigenvalue weighted by Crippen LogP contribution is -2.22. The summed E-state index contributed by atoms with van der Waals surface area (Å²) in [6.07, 6.45) is 0. The highest BCUT2D eigenvalue weighted by Gasteiger charge is 2.18. The molecule has 2 heterocycles. The van der Waals surface area contributed by atoms with Crippen molar-refractivity contribution >= 4 is 58.6 Å². The predicted octanol–water partition coefficient (Wildman–Crippen LogP) is 4.73. The molecule has 0 fully saturated rings. The zero-order valence-corrected chi connectivity index (χ0v) is 16.4. The molecule has 1 atom stereocenters. The van der Waals surface area contributed by atoms with Crippen LogP contribution in [0.5, 0.6) is 0 Å². The second-order valence-corrected chi connectivity index (χ2v) is 8.74. The van der Waals surface area contributed by atoms with E-state index in [1.807, 2.05) is 12.1 Å². The molecule has 3 aromatic rings. The Labute approximate surface area is 162 Å². The lowest BCUT2D eigenvalue weighted by molar-refractivity contribution is -0.115. The molecule has 0 bridgehead atoms. The Kier molecular flexibility index (Phi) is 5.57. The molecular weight excluding hydrogens is 400 g/mol. The Bertz CT molecular complexity index is 948. The summed E-state index contributed by atoms with van der Waals surface area (Å²) in [6, 6.07) is 8.90. The smallest absolute Gasteiger partial charge is 0.238 e. The Balaban J connectivity index is 1.70. The van der Waals surface area contributed by atoms with Crippen LogP contribution in [-0.4, -0.2) is 26.1 Å². The van der Waals surface area contributed by atoms with Gasteiger partial charge in [0.15, 0.2) is 14.1 Å². The minimum atomic E-state index is -0.365. The molecule has 0 aliphatic carbocycles. The van der Waals surface area contributed by atoms with E-state index in [9.17, 15) is 4.79 Å². The highest BCUT2D eigenvalue weighted by Crippen LogP contribution is 2.28. The van der Waals surface area contributed by atoms with Crippen LogP contribution >= 0.6 is 46.9 Å². The molecule has 10 heteroatoms. The molecule has 1 amide bonds. The highest BCUT2D eigenvalue weighted by atomic mass is 35.5. The van der Waals surface area contributed by atoms with Crippen molar-refractivity contribution in [1.29, 1.82) is 0 Å². The summed E-state index contributed by atoms with van der Waals surface area (Å²) in [7, 11) is 0. The number of nitrogens with zero attached hydrogens (tertiary/aromatic N) is 3. The number of anilines is 1. The lowest BCUT2D eigenvalue weighted by atomic mass is 10.3. The van der Waals surface area contributed by atoms with Crippen LogP contribution in [0.1, 0.15) is 12.7 Å². The number of rotatable bonds is 5. The lowest BCUT2D eigenvalue weighted by Gasteiger charge is -2.07. The second kappa shape index (κ2) is 7.69. The van der Waals surface area contributed by atoms with E-state index < -0.39 is 0 Å². The van der Waals surface area contributed by atoms with Gasteiger partial charge in [0.1, 0.15) is 5.76 Å². The van der Waals surface area contributed by atoms with Gasteiger partial charge in [-0.2, -0.15) is 0 Å². The van der Waals surface area contributed by atoms with Crippen molar-refractivity contribution in [2.24, 2.45) is 0 Å². The minimum Gasteiger partial charge on any atom is -0.360 e. The van der Waals surface area contributed by atoms with Crippen LogP contribution in [-0.2, 0) is 4.79 Å². The topological polar surface area (TPSA) is 73.0 Å². The summed E-state index contributed by atoms with van der Waals surface area (Å²) in [4.78, 5) is 12.2. The maximum absolute atomic E-state index is 12.2. The average Bonchev–Trinajstić information content (AvgIpc) is 3.13. The molecule has 0 spiro atoms. The standard InChI is InChI=1S/C15H13ClN4O2S3/c1-8-7-12(19-22-8)17-13(21)9(2)24-14-18-20(15(23)25-14)11-5-3-10(16)4-6-11/h3-7,9H,1-2H3,(H,17,19,21). The van der Waals surface area contributed by atoms with Crippen molar-refractivity contribution < 1.29 is 9.32 Å². The van der Waals surface area contributed by atoms with Crippen molar-refractivity contribution in [3.63, 3.8) is 0 Å². The van der Waals surface area contributed by atoms with E-state index in [-0.39, 0.29) is 11.2 Å². The molecule has 2 aromatic heterocycles. The fourth-order valence-corrected chi connectivity index (χ4v) is 4.54. The Hall–Kier alpha value is -1.68. The van der Waals surface area contributed by atoms with Gasteiger partial charge >= 0.3 is 0 Å². The second-order valence-electron chi connectivity index (χ2n) is 5.09. The van der Waals surface area contributed by atoms with Gasteiger partial charge in [0.25, 0.3) is 0 Å². The SMILES string of the molecule is Cc1cc(NC(=O)C(C)Sc2nn(-c3ccc(Cl)cc3)c(=S)s2)no1. The molecule has 0 radical (unpaired) electrons. The van der Waals surface area contributed by atoms with Crippen molar-refractivity contribution in [2.45, 2.75) is 23.4 Å². The van der Waals surface area contributed by atoms with Crippen molar-refractivity contribution in [3.05, 3.63) is 45.1 Å². The van der Waals surface area contributed by atoms with Crippen LogP contribution in [0.3, 0.4) is 0 Å². The number of amides is 1. The number of carbonyl (C=O) groups is 1. The Morgan fingerprint density at radius 2 is 2.16 bits per heavy atom. The van der Waals surface area contributed by atoms with Crippen molar-refractivity contribution in [1.82, 2.24) is 14.9 Å². The summed E-state index contributed by atoms with van der Waals surface area (Å²) < 4.78 is 7.90. The first kappa shape index (κ1) is 18.1. The van der Waals surface area contributed by atoms with Crippen LogP contribution in [0.2, 0.25) is 5.02 Å². The summed E-state index contributed by atoms with van der Waals surface area (Å²) >= 11 is 14.0. The molecule has 6 nitrogen and oxygen atoms in total. The van der Waals surface area contributed by atoms with Crippen LogP contribution in [0.15, 0.2) is 39.2 Å². The third-order valence-electron chi connectivity index (χ3n) is 3.13. The van der Waals surface area contributed by atoms with Gasteiger partial charge in [-0.05, 0) is 50.3 Å². The number of hydrogen-bond acceptors (Lipinski definition) is 7. The van der Waals surface area contributed by atoms with E-state index >= 15 is 0 Å². The third kappa shape index (κ3) is 4.49. The van der Waals surface area contributed by atoms with Gasteiger partial charge in [-0.15, -0.1) is 5.10 Å². The molecular formula is C15H13ClN4O2S3. The number of carbonyl (C=O) groups excluding carboxylic acids is 1. The highest BCUT2D eigenvalue weighted by molar-refractivity contribution is 8.02. The van der Waals surface area contributed by atoms with Crippen LogP contribution < -0.4 is 5.32 Å². The van der Waals surface area contributed by atoms with Gasteiger partial charge in [0, 0.05) is 11.1 Å². The van der Waals surface area contributed by atoms with E-state index in [1.165, 1.54) is 23.1 Å².